The van der Waals surface area contributed by atoms with E-state index in [0.717, 1.165) is 0 Å². The molecule has 1 atom stereocenters. The van der Waals surface area contributed by atoms with Crippen molar-refractivity contribution in [3.8, 4) is 0 Å². The number of amides is 2. The number of Topliss-reactive ketones (excluding diaryl/α,β-unsaturated/α-hetero) is 1. The fourth-order valence-corrected chi connectivity index (χ4v) is 3.45. The van der Waals surface area contributed by atoms with Crippen LogP contribution in [-0.4, -0.2) is 52.0 Å². The van der Waals surface area contributed by atoms with E-state index < -0.39 is 17.6 Å². The predicted octanol–water partition coefficient (Wildman–Crippen LogP) is 3.70. The molecule has 0 fully saturated rings. The zero-order valence-electron chi connectivity index (χ0n) is 18.7. The van der Waals surface area contributed by atoms with Crippen molar-refractivity contribution in [2.24, 2.45) is 0 Å². The van der Waals surface area contributed by atoms with Gasteiger partial charge in [0, 0.05) is 29.9 Å². The molecule has 0 aliphatic heterocycles. The Bertz CT molecular complexity index is 744. The van der Waals surface area contributed by atoms with Crippen molar-refractivity contribution in [1.29, 1.82) is 0 Å². The molecule has 0 saturated carbocycles. The van der Waals surface area contributed by atoms with E-state index in [4.69, 9.17) is 4.74 Å². The van der Waals surface area contributed by atoms with Crippen LogP contribution in [0.5, 0.6) is 0 Å². The van der Waals surface area contributed by atoms with E-state index >= 15 is 0 Å². The third-order valence-corrected chi connectivity index (χ3v) is 4.73. The second-order valence-corrected chi connectivity index (χ2v) is 7.91. The van der Waals surface area contributed by atoms with Gasteiger partial charge in [-0.1, -0.05) is 0 Å². The van der Waals surface area contributed by atoms with Crippen LogP contribution in [0.4, 0.5) is 4.79 Å². The van der Waals surface area contributed by atoms with E-state index in [0.29, 0.717) is 35.6 Å². The zero-order valence-corrected chi connectivity index (χ0v) is 18.7. The minimum Gasteiger partial charge on any atom is -0.461 e. The predicted molar refractivity (Wildman–Crippen MR) is 110 cm³/mol. The van der Waals surface area contributed by atoms with Gasteiger partial charge in [0.15, 0.2) is 5.78 Å². The number of aromatic nitrogens is 1. The molecule has 1 aromatic rings. The van der Waals surface area contributed by atoms with Gasteiger partial charge in [-0.05, 0) is 67.9 Å². The molecule has 1 N–H and O–H groups in total. The minimum absolute atomic E-state index is 0.182. The van der Waals surface area contributed by atoms with Gasteiger partial charge in [-0.25, -0.2) is 9.59 Å². The number of likely N-dealkylation sites (N-methyl/N-ethyl adjacent to an activating group) is 1. The van der Waals surface area contributed by atoms with Crippen molar-refractivity contribution in [2.75, 3.05) is 13.2 Å². The molecule has 0 aliphatic carbocycles. The maximum absolute atomic E-state index is 13.3. The van der Waals surface area contributed by atoms with Crippen LogP contribution in [0.3, 0.4) is 0 Å². The summed E-state index contributed by atoms with van der Waals surface area (Å²) in [5.74, 6) is -0.617. The third kappa shape index (κ3) is 4.94. The Morgan fingerprint density at radius 1 is 1.14 bits per heavy atom. The van der Waals surface area contributed by atoms with Crippen molar-refractivity contribution in [2.45, 2.75) is 80.4 Å². The Balaban J connectivity index is 3.34. The second kappa shape index (κ2) is 9.26. The number of urea groups is 1. The second-order valence-electron chi connectivity index (χ2n) is 7.91. The van der Waals surface area contributed by atoms with E-state index in [1.54, 1.807) is 25.3 Å². The van der Waals surface area contributed by atoms with E-state index in [1.807, 2.05) is 41.5 Å². The lowest BCUT2D eigenvalue weighted by Gasteiger charge is -2.31. The summed E-state index contributed by atoms with van der Waals surface area (Å²) in [6.45, 7) is 17.7. The first-order valence-electron chi connectivity index (χ1n) is 9.90. The van der Waals surface area contributed by atoms with Gasteiger partial charge in [-0.15, -0.1) is 0 Å². The average Bonchev–Trinajstić information content (AvgIpc) is 2.83. The molecular weight excluding hydrogens is 358 g/mol. The molecule has 0 aromatic carbocycles. The van der Waals surface area contributed by atoms with Crippen LogP contribution in [-0.2, 0) is 11.3 Å². The van der Waals surface area contributed by atoms with Gasteiger partial charge in [-0.2, -0.15) is 0 Å². The first kappa shape index (κ1) is 23.7. The average molecular weight is 394 g/mol. The number of carbonyl (C=O) groups excluding carboxylic acids is 3. The van der Waals surface area contributed by atoms with Crippen LogP contribution >= 0.6 is 0 Å². The quantitative estimate of drug-likeness (QED) is 0.566. The summed E-state index contributed by atoms with van der Waals surface area (Å²) in [6.07, 6.45) is 0. The summed E-state index contributed by atoms with van der Waals surface area (Å²) in [7, 11) is 0. The normalized spacial score (nSPS) is 12.5. The molecule has 1 aromatic heterocycles. The van der Waals surface area contributed by atoms with Gasteiger partial charge in [0.25, 0.3) is 0 Å². The van der Waals surface area contributed by atoms with Crippen LogP contribution in [0.25, 0.3) is 0 Å². The van der Waals surface area contributed by atoms with Crippen molar-refractivity contribution in [1.82, 2.24) is 14.8 Å². The lowest BCUT2D eigenvalue weighted by atomic mass is 10.00. The maximum Gasteiger partial charge on any atom is 0.355 e. The molecule has 28 heavy (non-hydrogen) atoms. The van der Waals surface area contributed by atoms with E-state index in [9.17, 15) is 14.4 Å². The summed E-state index contributed by atoms with van der Waals surface area (Å²) in [4.78, 5) is 39.9. The fraction of sp³-hybridized carbons (Fsp3) is 0.667. The number of esters is 1. The Labute approximate surface area is 168 Å². The Morgan fingerprint density at radius 3 is 2.14 bits per heavy atom. The number of ketones is 1. The summed E-state index contributed by atoms with van der Waals surface area (Å²) in [5, 5.41) is 2.90. The smallest absolute Gasteiger partial charge is 0.355 e. The molecule has 1 unspecified atom stereocenters. The maximum atomic E-state index is 13.3. The number of nitrogens with one attached hydrogen (secondary N) is 1. The Hall–Kier alpha value is -2.31. The van der Waals surface area contributed by atoms with Gasteiger partial charge < -0.3 is 19.5 Å². The van der Waals surface area contributed by atoms with E-state index in [1.165, 1.54) is 4.90 Å². The van der Waals surface area contributed by atoms with Crippen molar-refractivity contribution in [3.05, 3.63) is 22.5 Å². The highest BCUT2D eigenvalue weighted by atomic mass is 16.5. The van der Waals surface area contributed by atoms with Gasteiger partial charge >= 0.3 is 12.0 Å². The molecule has 158 valence electrons. The Morgan fingerprint density at radius 2 is 1.71 bits per heavy atom. The molecule has 0 aliphatic rings. The summed E-state index contributed by atoms with van der Waals surface area (Å²) in [6, 6.07) is -0.945. The minimum atomic E-state index is -0.660. The van der Waals surface area contributed by atoms with Gasteiger partial charge in [0.1, 0.15) is 5.69 Å². The number of hydrogen-bond donors (Lipinski definition) is 1. The topological polar surface area (TPSA) is 80.6 Å². The number of ether oxygens (including phenoxy) is 1. The molecular formula is C21H35N3O4. The number of carbonyl (C=O) groups is 3. The van der Waals surface area contributed by atoms with Gasteiger partial charge in [0.05, 0.1) is 12.6 Å². The van der Waals surface area contributed by atoms with Crippen LogP contribution < -0.4 is 5.32 Å². The van der Waals surface area contributed by atoms with Crippen molar-refractivity contribution >= 4 is 17.8 Å². The highest BCUT2D eigenvalue weighted by molar-refractivity contribution is 6.06. The van der Waals surface area contributed by atoms with Crippen LogP contribution in [0.2, 0.25) is 0 Å². The van der Waals surface area contributed by atoms with Gasteiger partial charge in [-0.3, -0.25) is 4.79 Å². The highest BCUT2D eigenvalue weighted by Crippen LogP contribution is 2.26. The molecule has 2 amide bonds. The molecule has 0 spiro atoms. The highest BCUT2D eigenvalue weighted by Gasteiger charge is 2.33. The molecule has 0 radical (unpaired) electrons. The summed E-state index contributed by atoms with van der Waals surface area (Å²) in [5.41, 5.74) is 1.80. The fourth-order valence-electron chi connectivity index (χ4n) is 3.45. The molecule has 1 heterocycles. The SMILES string of the molecule is CCOC(=O)c1c(C)c(C(=O)C(C)N(CC)C(=O)NC(C)(C)C)c(C)n1CC. The number of hydrogen-bond acceptors (Lipinski definition) is 4. The standard InChI is InChI=1S/C21H35N3O4/c1-10-23-14(5)16(13(4)17(23)19(26)28-12-3)18(25)15(6)24(11-2)20(27)22-21(7,8)9/h15H,10-12H2,1-9H3,(H,22,27). The van der Waals surface area contributed by atoms with E-state index in [-0.39, 0.29) is 18.4 Å². The first-order chi connectivity index (χ1) is 12.9. The third-order valence-electron chi connectivity index (χ3n) is 4.73. The number of nitrogens with zero attached hydrogens (tertiary/aromatic N) is 2. The summed E-state index contributed by atoms with van der Waals surface area (Å²) >= 11 is 0. The molecule has 0 bridgehead atoms. The molecule has 1 rings (SSSR count). The number of rotatable bonds is 7. The van der Waals surface area contributed by atoms with Gasteiger partial charge in [0.2, 0.25) is 0 Å². The van der Waals surface area contributed by atoms with Crippen LogP contribution in [0, 0.1) is 13.8 Å². The molecule has 7 nitrogen and oxygen atoms in total. The van der Waals surface area contributed by atoms with Crippen molar-refractivity contribution in [3.63, 3.8) is 0 Å². The van der Waals surface area contributed by atoms with Crippen LogP contribution in [0.1, 0.15) is 80.6 Å². The molecule has 7 heteroatoms. The van der Waals surface area contributed by atoms with Crippen LogP contribution in [0.15, 0.2) is 0 Å². The summed E-state index contributed by atoms with van der Waals surface area (Å²) < 4.78 is 6.98. The monoisotopic (exact) mass is 393 g/mol. The van der Waals surface area contributed by atoms with E-state index in [2.05, 4.69) is 5.32 Å². The molecule has 0 saturated heterocycles. The van der Waals surface area contributed by atoms with Crippen molar-refractivity contribution < 1.29 is 19.1 Å². The zero-order chi connectivity index (χ0) is 21.8. The lowest BCUT2D eigenvalue weighted by molar-refractivity contribution is 0.0512. The lowest BCUT2D eigenvalue weighted by Crippen LogP contribution is -2.53. The largest absolute Gasteiger partial charge is 0.461 e. The first-order valence-corrected chi connectivity index (χ1v) is 9.90. The Kier molecular flexibility index (Phi) is 7.84.